The van der Waals surface area contributed by atoms with Crippen LogP contribution in [0.15, 0.2) is 54.7 Å². The highest BCUT2D eigenvalue weighted by Crippen LogP contribution is 2.21. The molecule has 0 bridgehead atoms. The van der Waals surface area contributed by atoms with E-state index in [4.69, 9.17) is 11.6 Å². The molecule has 2 aromatic carbocycles. The molecule has 0 unspecified atom stereocenters. The first-order valence-corrected chi connectivity index (χ1v) is 7.17. The summed E-state index contributed by atoms with van der Waals surface area (Å²) in [6.07, 6.45) is 2.11. The van der Waals surface area contributed by atoms with Gasteiger partial charge >= 0.3 is 0 Å². The zero-order valence-electron chi connectivity index (χ0n) is 9.61. The molecule has 0 radical (unpaired) electrons. The fourth-order valence-electron chi connectivity index (χ4n) is 2.10. The SMILES string of the molecule is Clc1ccc2c(ccn2Cc2ccc(I)cc2)c1. The van der Waals surface area contributed by atoms with Gasteiger partial charge in [0.05, 0.1) is 0 Å². The van der Waals surface area contributed by atoms with Crippen LogP contribution in [0.4, 0.5) is 0 Å². The van der Waals surface area contributed by atoms with Gasteiger partial charge in [0.1, 0.15) is 0 Å². The van der Waals surface area contributed by atoms with Crippen LogP contribution in [0.25, 0.3) is 10.9 Å². The summed E-state index contributed by atoms with van der Waals surface area (Å²) in [7, 11) is 0. The minimum atomic E-state index is 0.787. The lowest BCUT2D eigenvalue weighted by Crippen LogP contribution is -1.97. The molecule has 0 aliphatic rings. The largest absolute Gasteiger partial charge is 0.343 e. The molecule has 0 spiro atoms. The minimum Gasteiger partial charge on any atom is -0.343 e. The maximum atomic E-state index is 6.00. The summed E-state index contributed by atoms with van der Waals surface area (Å²) in [4.78, 5) is 0. The first-order chi connectivity index (χ1) is 8.72. The van der Waals surface area contributed by atoms with E-state index < -0.39 is 0 Å². The Hall–Kier alpha value is -1.000. The van der Waals surface area contributed by atoms with E-state index in [0.29, 0.717) is 0 Å². The molecule has 0 atom stereocenters. The Balaban J connectivity index is 1.97. The van der Waals surface area contributed by atoms with Crippen LogP contribution in [-0.4, -0.2) is 4.57 Å². The summed E-state index contributed by atoms with van der Waals surface area (Å²) >= 11 is 8.32. The Labute approximate surface area is 125 Å². The molecular formula is C15H11ClIN. The molecule has 0 aliphatic heterocycles. The van der Waals surface area contributed by atoms with Gasteiger partial charge in [-0.05, 0) is 64.6 Å². The first kappa shape index (κ1) is 12.1. The molecule has 18 heavy (non-hydrogen) atoms. The van der Waals surface area contributed by atoms with E-state index in [2.05, 4.69) is 69.8 Å². The van der Waals surface area contributed by atoms with Gasteiger partial charge in [0.2, 0.25) is 0 Å². The summed E-state index contributed by atoms with van der Waals surface area (Å²) in [5.41, 5.74) is 2.53. The van der Waals surface area contributed by atoms with Crippen LogP contribution in [0.5, 0.6) is 0 Å². The maximum absolute atomic E-state index is 6.00. The van der Waals surface area contributed by atoms with Crippen molar-refractivity contribution in [3.05, 3.63) is 68.9 Å². The molecule has 0 saturated carbocycles. The summed E-state index contributed by atoms with van der Waals surface area (Å²) in [5.74, 6) is 0. The van der Waals surface area contributed by atoms with Crippen LogP contribution in [0, 0.1) is 3.57 Å². The lowest BCUT2D eigenvalue weighted by atomic mass is 10.2. The van der Waals surface area contributed by atoms with E-state index in [1.165, 1.54) is 20.0 Å². The van der Waals surface area contributed by atoms with E-state index >= 15 is 0 Å². The van der Waals surface area contributed by atoms with Crippen LogP contribution >= 0.6 is 34.2 Å². The van der Waals surface area contributed by atoms with Gasteiger partial charge in [-0.15, -0.1) is 0 Å². The number of fused-ring (bicyclic) bond motifs is 1. The monoisotopic (exact) mass is 367 g/mol. The number of halogens is 2. The quantitative estimate of drug-likeness (QED) is 0.565. The van der Waals surface area contributed by atoms with Crippen molar-refractivity contribution in [3.63, 3.8) is 0 Å². The van der Waals surface area contributed by atoms with Crippen molar-refractivity contribution in [1.29, 1.82) is 0 Å². The number of nitrogens with zero attached hydrogens (tertiary/aromatic N) is 1. The zero-order chi connectivity index (χ0) is 12.5. The van der Waals surface area contributed by atoms with Gasteiger partial charge in [-0.3, -0.25) is 0 Å². The fraction of sp³-hybridized carbons (Fsp3) is 0.0667. The fourth-order valence-corrected chi connectivity index (χ4v) is 2.64. The van der Waals surface area contributed by atoms with E-state index in [1.807, 2.05) is 12.1 Å². The van der Waals surface area contributed by atoms with Crippen LogP contribution in [0.2, 0.25) is 5.02 Å². The summed E-state index contributed by atoms with van der Waals surface area (Å²) in [6.45, 7) is 0.891. The molecule has 1 aromatic heterocycles. The lowest BCUT2D eigenvalue weighted by Gasteiger charge is -2.06. The number of hydrogen-bond acceptors (Lipinski definition) is 0. The van der Waals surface area contributed by atoms with E-state index in [0.717, 1.165) is 11.6 Å². The smallest absolute Gasteiger partial charge is 0.0484 e. The molecule has 0 amide bonds. The molecule has 3 rings (SSSR count). The first-order valence-electron chi connectivity index (χ1n) is 5.71. The van der Waals surface area contributed by atoms with E-state index in [1.54, 1.807) is 0 Å². The van der Waals surface area contributed by atoms with Gasteiger partial charge in [-0.1, -0.05) is 23.7 Å². The Morgan fingerprint density at radius 2 is 1.78 bits per heavy atom. The third-order valence-corrected chi connectivity index (χ3v) is 3.95. The number of hydrogen-bond donors (Lipinski definition) is 0. The molecule has 0 fully saturated rings. The minimum absolute atomic E-state index is 0.787. The molecule has 1 heterocycles. The third kappa shape index (κ3) is 2.40. The van der Waals surface area contributed by atoms with Gasteiger partial charge < -0.3 is 4.57 Å². The molecule has 90 valence electrons. The Bertz CT molecular complexity index is 685. The Morgan fingerprint density at radius 3 is 2.56 bits per heavy atom. The Kier molecular flexibility index (Phi) is 3.31. The number of aromatic nitrogens is 1. The molecule has 1 nitrogen and oxygen atoms in total. The van der Waals surface area contributed by atoms with E-state index in [9.17, 15) is 0 Å². The highest BCUT2D eigenvalue weighted by molar-refractivity contribution is 14.1. The summed E-state index contributed by atoms with van der Waals surface area (Å²) < 4.78 is 3.51. The normalized spacial score (nSPS) is 11.0. The second kappa shape index (κ2) is 4.94. The maximum Gasteiger partial charge on any atom is 0.0484 e. The molecule has 3 aromatic rings. The summed E-state index contributed by atoms with van der Waals surface area (Å²) in [6, 6.07) is 16.7. The summed E-state index contributed by atoms with van der Waals surface area (Å²) in [5, 5.41) is 1.97. The second-order valence-corrected chi connectivity index (χ2v) is 5.96. The van der Waals surface area contributed by atoms with Crippen molar-refractivity contribution in [2.24, 2.45) is 0 Å². The zero-order valence-corrected chi connectivity index (χ0v) is 12.5. The van der Waals surface area contributed by atoms with Gasteiger partial charge in [-0.2, -0.15) is 0 Å². The van der Waals surface area contributed by atoms with Crippen LogP contribution in [-0.2, 0) is 6.54 Å². The highest BCUT2D eigenvalue weighted by Gasteiger charge is 2.02. The van der Waals surface area contributed by atoms with Crippen molar-refractivity contribution in [2.45, 2.75) is 6.54 Å². The predicted molar refractivity (Wildman–Crippen MR) is 85.2 cm³/mol. The average Bonchev–Trinajstić information content (AvgIpc) is 2.74. The molecule has 0 saturated heterocycles. The average molecular weight is 368 g/mol. The number of rotatable bonds is 2. The lowest BCUT2D eigenvalue weighted by molar-refractivity contribution is 0.837. The molecule has 0 aliphatic carbocycles. The van der Waals surface area contributed by atoms with Gasteiger partial charge in [0.15, 0.2) is 0 Å². The van der Waals surface area contributed by atoms with Crippen molar-refractivity contribution in [1.82, 2.24) is 4.57 Å². The third-order valence-electron chi connectivity index (χ3n) is 3.00. The van der Waals surface area contributed by atoms with E-state index in [-0.39, 0.29) is 0 Å². The second-order valence-electron chi connectivity index (χ2n) is 4.27. The van der Waals surface area contributed by atoms with Crippen LogP contribution in [0.1, 0.15) is 5.56 Å². The van der Waals surface area contributed by atoms with Gasteiger partial charge in [0.25, 0.3) is 0 Å². The molecular weight excluding hydrogens is 357 g/mol. The predicted octanol–water partition coefficient (Wildman–Crippen LogP) is 4.95. The van der Waals surface area contributed by atoms with Gasteiger partial charge in [0, 0.05) is 32.2 Å². The van der Waals surface area contributed by atoms with Crippen molar-refractivity contribution < 1.29 is 0 Å². The molecule has 3 heteroatoms. The topological polar surface area (TPSA) is 4.93 Å². The van der Waals surface area contributed by atoms with Crippen molar-refractivity contribution in [3.8, 4) is 0 Å². The number of benzene rings is 2. The van der Waals surface area contributed by atoms with Crippen molar-refractivity contribution >= 4 is 45.1 Å². The standard InChI is InChI=1S/C15H11ClIN/c16-13-3-6-15-12(9-13)7-8-18(15)10-11-1-4-14(17)5-2-11/h1-9H,10H2. The van der Waals surface area contributed by atoms with Crippen LogP contribution < -0.4 is 0 Å². The highest BCUT2D eigenvalue weighted by atomic mass is 127. The van der Waals surface area contributed by atoms with Crippen LogP contribution in [0.3, 0.4) is 0 Å². The molecule has 0 N–H and O–H groups in total. The Morgan fingerprint density at radius 1 is 1.00 bits per heavy atom. The van der Waals surface area contributed by atoms with Crippen molar-refractivity contribution in [2.75, 3.05) is 0 Å². The van der Waals surface area contributed by atoms with Gasteiger partial charge in [-0.25, -0.2) is 0 Å².